The van der Waals surface area contributed by atoms with Crippen LogP contribution in [-0.4, -0.2) is 63.0 Å². The van der Waals surface area contributed by atoms with E-state index in [-0.39, 0.29) is 51.5 Å². The lowest BCUT2D eigenvalue weighted by molar-refractivity contribution is -0.126. The molecule has 0 bridgehead atoms. The van der Waals surface area contributed by atoms with Crippen LogP contribution in [-0.2, 0) is 4.79 Å². The number of anilines is 1. The molecule has 0 radical (unpaired) electrons. The van der Waals surface area contributed by atoms with E-state index in [9.17, 15) is 4.79 Å². The molecule has 4 aromatic rings. The maximum atomic E-state index is 16.0. The number of ether oxygens (including phenoxy) is 1. The SMILES string of the molecule is C=CC(=O)N1CCN2c3ncnc4c(F)c(-c5c(F)ccc6[nH]cnc56)c(Cl)c(c34)OC[C@@H]2C1. The van der Waals surface area contributed by atoms with Gasteiger partial charge < -0.3 is 19.5 Å². The minimum absolute atomic E-state index is 0.0309. The van der Waals surface area contributed by atoms with Crippen molar-refractivity contribution in [1.82, 2.24) is 24.8 Å². The Hall–Kier alpha value is -3.79. The van der Waals surface area contributed by atoms with Crippen molar-refractivity contribution in [3.8, 4) is 16.9 Å². The summed E-state index contributed by atoms with van der Waals surface area (Å²) in [7, 11) is 0. The van der Waals surface area contributed by atoms with Crippen molar-refractivity contribution in [2.75, 3.05) is 31.1 Å². The zero-order valence-electron chi connectivity index (χ0n) is 17.7. The van der Waals surface area contributed by atoms with E-state index in [1.54, 1.807) is 4.90 Å². The van der Waals surface area contributed by atoms with Crippen molar-refractivity contribution in [2.24, 2.45) is 0 Å². The quantitative estimate of drug-likeness (QED) is 0.438. The second-order valence-electron chi connectivity index (χ2n) is 8.12. The van der Waals surface area contributed by atoms with Gasteiger partial charge in [-0.2, -0.15) is 0 Å². The Morgan fingerprint density at radius 3 is 2.88 bits per heavy atom. The van der Waals surface area contributed by atoms with Crippen LogP contribution in [0, 0.1) is 11.6 Å². The first-order valence-corrected chi connectivity index (χ1v) is 11.0. The summed E-state index contributed by atoms with van der Waals surface area (Å²) in [5.41, 5.74) is 0.495. The molecule has 1 atom stereocenters. The van der Waals surface area contributed by atoms with Gasteiger partial charge in [0.2, 0.25) is 5.91 Å². The highest BCUT2D eigenvalue weighted by molar-refractivity contribution is 6.37. The predicted octanol–water partition coefficient (Wildman–Crippen LogP) is 3.70. The summed E-state index contributed by atoms with van der Waals surface area (Å²) in [4.78, 5) is 31.4. The number of carbonyl (C=O) groups is 1. The Morgan fingerprint density at radius 1 is 1.21 bits per heavy atom. The molecule has 8 nitrogen and oxygen atoms in total. The average Bonchev–Trinajstić information content (AvgIpc) is 3.26. The highest BCUT2D eigenvalue weighted by Crippen LogP contribution is 2.49. The van der Waals surface area contributed by atoms with Crippen molar-refractivity contribution in [2.45, 2.75) is 6.04 Å². The van der Waals surface area contributed by atoms with Gasteiger partial charge in [0, 0.05) is 25.2 Å². The Bertz CT molecular complexity index is 1510. The van der Waals surface area contributed by atoms with Crippen molar-refractivity contribution in [1.29, 1.82) is 0 Å². The molecule has 0 aliphatic carbocycles. The number of hydrogen-bond acceptors (Lipinski definition) is 6. The van der Waals surface area contributed by atoms with E-state index in [0.717, 1.165) is 0 Å². The third-order valence-electron chi connectivity index (χ3n) is 6.35. The lowest BCUT2D eigenvalue weighted by Gasteiger charge is -2.40. The minimum atomic E-state index is -0.788. The van der Waals surface area contributed by atoms with Crippen LogP contribution in [0.3, 0.4) is 0 Å². The van der Waals surface area contributed by atoms with Gasteiger partial charge in [0.05, 0.1) is 39.4 Å². The van der Waals surface area contributed by atoms with E-state index in [2.05, 4.69) is 26.5 Å². The number of hydrogen-bond donors (Lipinski definition) is 1. The van der Waals surface area contributed by atoms with Crippen LogP contribution in [0.1, 0.15) is 0 Å². The number of nitrogens with one attached hydrogen (secondary N) is 1. The monoisotopic (exact) mass is 482 g/mol. The van der Waals surface area contributed by atoms with Gasteiger partial charge >= 0.3 is 0 Å². The van der Waals surface area contributed by atoms with Gasteiger partial charge in [-0.3, -0.25) is 4.79 Å². The van der Waals surface area contributed by atoms with Gasteiger partial charge in [-0.15, -0.1) is 0 Å². The summed E-state index contributed by atoms with van der Waals surface area (Å²) in [6.07, 6.45) is 3.94. The Morgan fingerprint density at radius 2 is 2.06 bits per heavy atom. The van der Waals surface area contributed by atoms with E-state index in [0.29, 0.717) is 36.4 Å². The van der Waals surface area contributed by atoms with Crippen molar-refractivity contribution in [3.05, 3.63) is 54.1 Å². The third kappa shape index (κ3) is 2.88. The number of benzene rings is 2. The fraction of sp³-hybridized carbons (Fsp3) is 0.217. The van der Waals surface area contributed by atoms with Crippen LogP contribution in [0.5, 0.6) is 5.75 Å². The van der Waals surface area contributed by atoms with Gasteiger partial charge in [-0.25, -0.2) is 23.7 Å². The Kier molecular flexibility index (Phi) is 4.66. The first kappa shape index (κ1) is 20.8. The summed E-state index contributed by atoms with van der Waals surface area (Å²) in [6, 6.07) is 2.50. The largest absolute Gasteiger partial charge is 0.489 e. The molecule has 2 aromatic carbocycles. The summed E-state index contributed by atoms with van der Waals surface area (Å²) in [6.45, 7) is 4.99. The van der Waals surface area contributed by atoms with E-state index in [4.69, 9.17) is 16.3 Å². The number of H-pyrrole nitrogens is 1. The molecule has 2 aliphatic heterocycles. The second-order valence-corrected chi connectivity index (χ2v) is 8.50. The molecular formula is C23H17ClF2N6O2. The van der Waals surface area contributed by atoms with E-state index in [1.165, 1.54) is 30.9 Å². The number of imidazole rings is 1. The van der Waals surface area contributed by atoms with Crippen LogP contribution < -0.4 is 9.64 Å². The summed E-state index contributed by atoms with van der Waals surface area (Å²) in [5, 5.41) is 0.226. The lowest BCUT2D eigenvalue weighted by atomic mass is 9.99. The number of halogens is 3. The first-order valence-electron chi connectivity index (χ1n) is 10.6. The molecule has 0 saturated carbocycles. The topological polar surface area (TPSA) is 87.2 Å². The van der Waals surface area contributed by atoms with E-state index < -0.39 is 11.6 Å². The average molecular weight is 483 g/mol. The van der Waals surface area contributed by atoms with Crippen molar-refractivity contribution >= 4 is 45.3 Å². The second kappa shape index (κ2) is 7.63. The maximum Gasteiger partial charge on any atom is 0.246 e. The maximum absolute atomic E-state index is 16.0. The van der Waals surface area contributed by atoms with Gasteiger partial charge in [0.25, 0.3) is 0 Å². The zero-order valence-corrected chi connectivity index (χ0v) is 18.4. The third-order valence-corrected chi connectivity index (χ3v) is 6.71. The van der Waals surface area contributed by atoms with Gasteiger partial charge in [0.1, 0.15) is 30.1 Å². The summed E-state index contributed by atoms with van der Waals surface area (Å²) < 4.78 is 37.1. The van der Waals surface area contributed by atoms with E-state index in [1.807, 2.05) is 4.90 Å². The standard InChI is InChI=1S/C23H17ClF2N6O2/c1-2-14(33)31-5-6-32-11(7-31)8-34-22-17-21(29-10-30-23(17)32)19(26)16(18(22)24)15-12(25)3-4-13-20(15)28-9-27-13/h2-4,9-11H,1,5-8H2,(H,27,28)/t11-/m0/s1. The fourth-order valence-corrected chi connectivity index (χ4v) is 5.10. The molecular weight excluding hydrogens is 466 g/mol. The molecule has 1 fully saturated rings. The number of carbonyl (C=O) groups excluding carboxylic acids is 1. The van der Waals surface area contributed by atoms with Gasteiger partial charge in [-0.05, 0) is 18.2 Å². The number of fused-ring (bicyclic) bond motifs is 3. The molecule has 2 aliphatic rings. The summed E-state index contributed by atoms with van der Waals surface area (Å²) >= 11 is 6.72. The molecule has 34 heavy (non-hydrogen) atoms. The molecule has 0 unspecified atom stereocenters. The fourth-order valence-electron chi connectivity index (χ4n) is 4.77. The molecule has 1 amide bonds. The number of rotatable bonds is 2. The van der Waals surface area contributed by atoms with Gasteiger partial charge in [-0.1, -0.05) is 18.2 Å². The molecule has 4 heterocycles. The molecule has 6 rings (SSSR count). The Balaban J connectivity index is 1.58. The number of nitrogens with zero attached hydrogens (tertiary/aromatic N) is 5. The van der Waals surface area contributed by atoms with Crippen LogP contribution in [0.4, 0.5) is 14.6 Å². The number of aromatic nitrogens is 4. The number of aromatic amines is 1. The van der Waals surface area contributed by atoms with Crippen LogP contribution >= 0.6 is 11.6 Å². The van der Waals surface area contributed by atoms with Crippen LogP contribution in [0.25, 0.3) is 33.1 Å². The summed E-state index contributed by atoms with van der Waals surface area (Å²) in [5.74, 6) is -1.01. The lowest BCUT2D eigenvalue weighted by Crippen LogP contribution is -2.56. The predicted molar refractivity (Wildman–Crippen MR) is 123 cm³/mol. The molecule has 172 valence electrons. The van der Waals surface area contributed by atoms with Crippen LogP contribution in [0.15, 0.2) is 37.4 Å². The molecule has 11 heteroatoms. The molecule has 2 aromatic heterocycles. The van der Waals surface area contributed by atoms with Crippen molar-refractivity contribution in [3.63, 3.8) is 0 Å². The van der Waals surface area contributed by atoms with Gasteiger partial charge in [0.15, 0.2) is 11.6 Å². The Labute approximate surface area is 196 Å². The molecule has 0 spiro atoms. The molecule has 1 N–H and O–H groups in total. The van der Waals surface area contributed by atoms with Crippen molar-refractivity contribution < 1.29 is 18.3 Å². The zero-order chi connectivity index (χ0) is 23.6. The number of piperazine rings is 1. The minimum Gasteiger partial charge on any atom is -0.489 e. The first-order chi connectivity index (χ1) is 16.5. The smallest absolute Gasteiger partial charge is 0.246 e. The highest BCUT2D eigenvalue weighted by atomic mass is 35.5. The normalized spacial score (nSPS) is 17.4. The number of amides is 1. The molecule has 1 saturated heterocycles. The highest BCUT2D eigenvalue weighted by Gasteiger charge is 2.37. The van der Waals surface area contributed by atoms with E-state index >= 15 is 8.78 Å². The van der Waals surface area contributed by atoms with Crippen LogP contribution in [0.2, 0.25) is 5.02 Å².